The Hall–Kier alpha value is -2.62. The van der Waals surface area contributed by atoms with Gasteiger partial charge in [-0.15, -0.1) is 0 Å². The Morgan fingerprint density at radius 1 is 0.833 bits per heavy atom. The maximum Gasteiger partial charge on any atom is 0.235 e. The molecule has 2 aromatic rings. The normalized spacial score (nSPS) is 15.7. The number of rotatable bonds is 4. The van der Waals surface area contributed by atoms with Crippen molar-refractivity contribution in [3.05, 3.63) is 60.2 Å². The first-order chi connectivity index (χ1) is 11.6. The molecule has 0 radical (unpaired) electrons. The average Bonchev–Trinajstić information content (AvgIpc) is 3.08. The maximum absolute atomic E-state index is 13.0. The molecule has 4 heteroatoms. The van der Waals surface area contributed by atoms with Gasteiger partial charge in [0, 0.05) is 18.3 Å². The number of hydrogen-bond acceptors (Lipinski definition) is 2. The molecule has 124 valence electrons. The maximum atomic E-state index is 13.0. The molecule has 2 amide bonds. The van der Waals surface area contributed by atoms with Crippen LogP contribution in [0.3, 0.4) is 0 Å². The third-order valence-electron chi connectivity index (χ3n) is 4.68. The lowest BCUT2D eigenvalue weighted by molar-refractivity contribution is -0.121. The Balaban J connectivity index is 1.78. The fourth-order valence-electron chi connectivity index (χ4n) is 3.47. The quantitative estimate of drug-likeness (QED) is 0.890. The van der Waals surface area contributed by atoms with E-state index in [0.717, 1.165) is 42.6 Å². The Morgan fingerprint density at radius 3 is 1.92 bits per heavy atom. The van der Waals surface area contributed by atoms with E-state index in [-0.39, 0.29) is 11.8 Å². The zero-order valence-electron chi connectivity index (χ0n) is 13.8. The molecule has 0 aliphatic heterocycles. The average molecular weight is 322 g/mol. The van der Waals surface area contributed by atoms with Crippen LogP contribution in [-0.2, 0) is 15.0 Å². The smallest absolute Gasteiger partial charge is 0.235 e. The van der Waals surface area contributed by atoms with Gasteiger partial charge < -0.3 is 10.6 Å². The molecular weight excluding hydrogens is 300 g/mol. The van der Waals surface area contributed by atoms with Crippen LogP contribution < -0.4 is 10.6 Å². The van der Waals surface area contributed by atoms with E-state index in [9.17, 15) is 9.59 Å². The summed E-state index contributed by atoms with van der Waals surface area (Å²) in [5, 5.41) is 5.77. The summed E-state index contributed by atoms with van der Waals surface area (Å²) < 4.78 is 0. The Kier molecular flexibility index (Phi) is 4.65. The van der Waals surface area contributed by atoms with Crippen molar-refractivity contribution in [1.82, 2.24) is 0 Å². The Labute approximate surface area is 142 Å². The van der Waals surface area contributed by atoms with Crippen LogP contribution in [0.5, 0.6) is 0 Å². The fourth-order valence-corrected chi connectivity index (χ4v) is 3.47. The number of nitrogens with one attached hydrogen (secondary N) is 2. The number of carbonyl (C=O) groups excluding carboxylic acids is 2. The number of amides is 2. The summed E-state index contributed by atoms with van der Waals surface area (Å²) in [6.45, 7) is 1.47. The van der Waals surface area contributed by atoms with Gasteiger partial charge in [0.05, 0.1) is 5.41 Å². The van der Waals surface area contributed by atoms with Crippen molar-refractivity contribution in [2.24, 2.45) is 0 Å². The van der Waals surface area contributed by atoms with Crippen LogP contribution in [0.25, 0.3) is 0 Å². The molecule has 1 fully saturated rings. The van der Waals surface area contributed by atoms with Gasteiger partial charge in [0.2, 0.25) is 11.8 Å². The summed E-state index contributed by atoms with van der Waals surface area (Å²) in [5.41, 5.74) is 2.13. The third kappa shape index (κ3) is 3.32. The highest BCUT2D eigenvalue weighted by molar-refractivity contribution is 5.99. The largest absolute Gasteiger partial charge is 0.326 e. The van der Waals surface area contributed by atoms with Crippen LogP contribution in [0.1, 0.15) is 38.2 Å². The molecule has 1 aliphatic carbocycles. The third-order valence-corrected chi connectivity index (χ3v) is 4.68. The van der Waals surface area contributed by atoms with Crippen molar-refractivity contribution in [2.45, 2.75) is 38.0 Å². The lowest BCUT2D eigenvalue weighted by atomic mass is 9.78. The molecule has 0 saturated heterocycles. The monoisotopic (exact) mass is 322 g/mol. The molecule has 0 heterocycles. The second-order valence-electron chi connectivity index (χ2n) is 6.37. The minimum atomic E-state index is -0.433. The van der Waals surface area contributed by atoms with Crippen LogP contribution in [0.2, 0.25) is 0 Å². The zero-order valence-corrected chi connectivity index (χ0v) is 13.8. The van der Waals surface area contributed by atoms with E-state index in [1.165, 1.54) is 6.92 Å². The standard InChI is InChI=1S/C20H22N2O2/c1-15(23)21-17-9-11-18(12-10-17)22-19(24)20(13-5-6-14-20)16-7-3-2-4-8-16/h2-4,7-12H,5-6,13-14H2,1H3,(H,21,23)(H,22,24). The Bertz CT molecular complexity index is 717. The minimum Gasteiger partial charge on any atom is -0.326 e. The molecule has 0 aromatic heterocycles. The molecule has 1 aliphatic rings. The van der Waals surface area contributed by atoms with E-state index in [1.54, 1.807) is 12.1 Å². The molecule has 0 spiro atoms. The number of benzene rings is 2. The summed E-state index contributed by atoms with van der Waals surface area (Å²) in [6.07, 6.45) is 3.91. The van der Waals surface area contributed by atoms with Crippen LogP contribution in [-0.4, -0.2) is 11.8 Å². The van der Waals surface area contributed by atoms with Gasteiger partial charge in [0.1, 0.15) is 0 Å². The summed E-state index contributed by atoms with van der Waals surface area (Å²) in [5.74, 6) is -0.0563. The van der Waals surface area contributed by atoms with Gasteiger partial charge >= 0.3 is 0 Å². The van der Waals surface area contributed by atoms with Crippen molar-refractivity contribution in [3.63, 3.8) is 0 Å². The van der Waals surface area contributed by atoms with Crippen molar-refractivity contribution >= 4 is 23.2 Å². The summed E-state index contributed by atoms with van der Waals surface area (Å²) in [7, 11) is 0. The fraction of sp³-hybridized carbons (Fsp3) is 0.300. The first kappa shape index (κ1) is 16.2. The second kappa shape index (κ2) is 6.87. The molecular formula is C20H22N2O2. The van der Waals surface area contributed by atoms with E-state index >= 15 is 0 Å². The molecule has 0 bridgehead atoms. The van der Waals surface area contributed by atoms with Crippen LogP contribution in [0.15, 0.2) is 54.6 Å². The van der Waals surface area contributed by atoms with Crippen LogP contribution in [0, 0.1) is 0 Å². The summed E-state index contributed by atoms with van der Waals surface area (Å²) in [4.78, 5) is 24.1. The van der Waals surface area contributed by atoms with Crippen LogP contribution in [0.4, 0.5) is 11.4 Å². The van der Waals surface area contributed by atoms with Gasteiger partial charge in [-0.1, -0.05) is 43.2 Å². The van der Waals surface area contributed by atoms with E-state index in [1.807, 2.05) is 42.5 Å². The molecule has 2 N–H and O–H groups in total. The Morgan fingerprint density at radius 2 is 1.38 bits per heavy atom. The van der Waals surface area contributed by atoms with Gasteiger partial charge in [-0.3, -0.25) is 9.59 Å². The van der Waals surface area contributed by atoms with Crippen molar-refractivity contribution < 1.29 is 9.59 Å². The highest BCUT2D eigenvalue weighted by Crippen LogP contribution is 2.42. The minimum absolute atomic E-state index is 0.0541. The molecule has 24 heavy (non-hydrogen) atoms. The number of carbonyl (C=O) groups is 2. The highest BCUT2D eigenvalue weighted by atomic mass is 16.2. The topological polar surface area (TPSA) is 58.2 Å². The van der Waals surface area contributed by atoms with Gasteiger partial charge in [-0.05, 0) is 42.7 Å². The number of hydrogen-bond donors (Lipinski definition) is 2. The lowest BCUT2D eigenvalue weighted by Gasteiger charge is -2.28. The lowest BCUT2D eigenvalue weighted by Crippen LogP contribution is -2.37. The van der Waals surface area contributed by atoms with Gasteiger partial charge in [0.25, 0.3) is 0 Å². The van der Waals surface area contributed by atoms with Gasteiger partial charge in [-0.2, -0.15) is 0 Å². The van der Waals surface area contributed by atoms with Gasteiger partial charge in [-0.25, -0.2) is 0 Å². The SMILES string of the molecule is CC(=O)Nc1ccc(NC(=O)C2(c3ccccc3)CCCC2)cc1. The molecule has 0 atom stereocenters. The summed E-state index contributed by atoms with van der Waals surface area (Å²) in [6, 6.07) is 17.3. The van der Waals surface area contributed by atoms with E-state index < -0.39 is 5.41 Å². The van der Waals surface area contributed by atoms with Crippen molar-refractivity contribution in [3.8, 4) is 0 Å². The summed E-state index contributed by atoms with van der Waals surface area (Å²) >= 11 is 0. The molecule has 0 unspecified atom stereocenters. The number of anilines is 2. The van der Waals surface area contributed by atoms with Gasteiger partial charge in [0.15, 0.2) is 0 Å². The van der Waals surface area contributed by atoms with Crippen LogP contribution >= 0.6 is 0 Å². The van der Waals surface area contributed by atoms with E-state index in [2.05, 4.69) is 10.6 Å². The molecule has 2 aromatic carbocycles. The van der Waals surface area contributed by atoms with Crippen molar-refractivity contribution in [1.29, 1.82) is 0 Å². The highest BCUT2D eigenvalue weighted by Gasteiger charge is 2.42. The molecule has 3 rings (SSSR count). The second-order valence-corrected chi connectivity index (χ2v) is 6.37. The van der Waals surface area contributed by atoms with Crippen molar-refractivity contribution in [2.75, 3.05) is 10.6 Å². The molecule has 1 saturated carbocycles. The van der Waals surface area contributed by atoms with E-state index in [0.29, 0.717) is 0 Å². The zero-order chi connectivity index (χ0) is 17.0. The van der Waals surface area contributed by atoms with E-state index in [4.69, 9.17) is 0 Å². The molecule has 4 nitrogen and oxygen atoms in total. The first-order valence-electron chi connectivity index (χ1n) is 8.35. The predicted molar refractivity (Wildman–Crippen MR) is 96.0 cm³/mol. The predicted octanol–water partition coefficient (Wildman–Crippen LogP) is 4.10. The first-order valence-corrected chi connectivity index (χ1v) is 8.35.